The summed E-state index contributed by atoms with van der Waals surface area (Å²) in [5.74, 6) is -4.28. The van der Waals surface area contributed by atoms with E-state index in [1.54, 1.807) is 27.7 Å². The Bertz CT molecular complexity index is 1160. The summed E-state index contributed by atoms with van der Waals surface area (Å²) in [5, 5.41) is 24.8. The zero-order valence-corrected chi connectivity index (χ0v) is 31.8. The fourth-order valence-corrected chi connectivity index (χ4v) is 7.36. The third-order valence-electron chi connectivity index (χ3n) is 6.90. The van der Waals surface area contributed by atoms with Gasteiger partial charge in [0.25, 0.3) is 11.7 Å². The molecule has 0 radical (unpaired) electrons. The first kappa shape index (κ1) is 46.5. The van der Waals surface area contributed by atoms with Gasteiger partial charge in [-0.1, -0.05) is 9.13 Å². The largest absolute Gasteiger partial charge is 0.523 e. The number of halogens is 3. The normalized spacial score (nSPS) is 33.0. The summed E-state index contributed by atoms with van der Waals surface area (Å²) in [4.78, 5) is 0. The highest BCUT2D eigenvalue weighted by molar-refractivity contribution is 7.87. The highest BCUT2D eigenvalue weighted by atomic mass is 32.2. The van der Waals surface area contributed by atoms with Crippen LogP contribution in [0, 0.1) is 0 Å². The zero-order valence-electron chi connectivity index (χ0n) is 29.2. The molecule has 4 unspecified atom stereocenters. The molecule has 4 aliphatic rings. The number of ether oxygens (including phenoxy) is 8. The molecule has 4 saturated heterocycles. The monoisotopic (exact) mass is 782 g/mol. The minimum absolute atomic E-state index is 0.250. The molecule has 0 spiro atoms. The van der Waals surface area contributed by atoms with E-state index in [-0.39, 0.29) is 37.9 Å². The molecule has 0 aromatic heterocycles. The molecule has 4 fully saturated rings. The number of aliphatic hydroxyl groups excluding tert-OH is 3. The van der Waals surface area contributed by atoms with Gasteiger partial charge in [0.05, 0.1) is 18.6 Å². The van der Waals surface area contributed by atoms with Crippen molar-refractivity contribution in [1.82, 2.24) is 0 Å². The highest BCUT2D eigenvalue weighted by Gasteiger charge is 2.59. The predicted octanol–water partition coefficient (Wildman–Crippen LogP) is 2.96. The quantitative estimate of drug-likeness (QED) is 0.165. The Morgan fingerprint density at radius 1 is 0.755 bits per heavy atom. The van der Waals surface area contributed by atoms with Crippen LogP contribution in [-0.2, 0) is 61.3 Å². The molecule has 12 atom stereocenters. The number of aliphatic hydroxyl groups is 3. The van der Waals surface area contributed by atoms with Gasteiger partial charge >= 0.3 is 31.2 Å². The Balaban J connectivity index is 0.000000437. The fraction of sp³-hybridized carbons (Fsp3) is 1.00. The van der Waals surface area contributed by atoms with Crippen molar-refractivity contribution < 1.29 is 88.1 Å². The molecule has 0 amide bonds. The predicted molar refractivity (Wildman–Crippen MR) is 167 cm³/mol. The van der Waals surface area contributed by atoms with Crippen LogP contribution in [0.4, 0.5) is 13.2 Å². The number of methoxy groups -OCH3 is 2. The molecule has 4 rings (SSSR count). The van der Waals surface area contributed by atoms with Crippen LogP contribution >= 0.6 is 15.6 Å². The minimum atomic E-state index is -5.89. The molecule has 4 heterocycles. The first-order chi connectivity index (χ1) is 22.4. The van der Waals surface area contributed by atoms with Gasteiger partial charge in [0.15, 0.2) is 24.2 Å². The van der Waals surface area contributed by atoms with Crippen molar-refractivity contribution in [2.45, 2.75) is 132 Å². The summed E-state index contributed by atoms with van der Waals surface area (Å²) < 4.78 is 131. The molecule has 16 nitrogen and oxygen atoms in total. The third kappa shape index (κ3) is 13.4. The summed E-state index contributed by atoms with van der Waals surface area (Å²) in [6.07, 6.45) is -4.77. The van der Waals surface area contributed by atoms with Crippen molar-refractivity contribution in [2.75, 3.05) is 40.8 Å². The molecule has 0 bridgehead atoms. The van der Waals surface area contributed by atoms with Gasteiger partial charge in [-0.15, -0.1) is 0 Å². The maximum absolute atomic E-state index is 12.5. The van der Waals surface area contributed by atoms with Gasteiger partial charge in [0.1, 0.15) is 37.7 Å². The van der Waals surface area contributed by atoms with E-state index in [1.165, 1.54) is 20.9 Å². The van der Waals surface area contributed by atoms with Crippen LogP contribution in [0.1, 0.15) is 54.4 Å². The maximum Gasteiger partial charge on any atom is 0.523 e. The standard InChI is InChI=1S/C12H19F3O8PS.C11H20O6P.2C2H6O/c1-11(2)21-8-6(20-10(19-3)9(8)22-11)5-7(24(4)16)23-25(17,18)12(13,14)15;1-11(2)16-8-6(5-7(12)18(4)13)15-10(14-3)9(8)17-11;2*1-2-3/h6-10H,5H2,1-4H3;6-10,12H,5H2,1-4H3;2*3H,2H2,1H3/q2*+1;;/t2*6-,7?,8-,9-,10-;;/m11../s1. The molecule has 290 valence electrons. The molecular weight excluding hydrogens is 731 g/mol. The second kappa shape index (κ2) is 19.5. The van der Waals surface area contributed by atoms with E-state index < -0.39 is 91.8 Å². The van der Waals surface area contributed by atoms with Crippen LogP contribution in [0.3, 0.4) is 0 Å². The average molecular weight is 783 g/mol. The van der Waals surface area contributed by atoms with Gasteiger partial charge in [-0.2, -0.15) is 21.6 Å². The Kier molecular flexibility index (Phi) is 18.5. The van der Waals surface area contributed by atoms with Crippen LogP contribution < -0.4 is 0 Å². The van der Waals surface area contributed by atoms with Crippen molar-refractivity contribution in [3.05, 3.63) is 0 Å². The molecule has 49 heavy (non-hydrogen) atoms. The van der Waals surface area contributed by atoms with Crippen molar-refractivity contribution in [3.8, 4) is 0 Å². The molecule has 4 aliphatic heterocycles. The van der Waals surface area contributed by atoms with E-state index in [0.29, 0.717) is 0 Å². The lowest BCUT2D eigenvalue weighted by atomic mass is 10.1. The molecule has 0 aromatic carbocycles. The summed E-state index contributed by atoms with van der Waals surface area (Å²) in [6, 6.07) is 0. The molecule has 22 heteroatoms. The minimum Gasteiger partial charge on any atom is -0.397 e. The number of hydrogen-bond donors (Lipinski definition) is 3. The smallest absolute Gasteiger partial charge is 0.397 e. The Labute approximate surface area is 286 Å². The van der Waals surface area contributed by atoms with Crippen molar-refractivity contribution >= 4 is 25.7 Å². The second-order valence-electron chi connectivity index (χ2n) is 11.8. The van der Waals surface area contributed by atoms with Gasteiger partial charge < -0.3 is 53.2 Å². The zero-order chi connectivity index (χ0) is 38.1. The molecule has 3 N–H and O–H groups in total. The fourth-order valence-electron chi connectivity index (χ4n) is 5.05. The van der Waals surface area contributed by atoms with Crippen molar-refractivity contribution in [3.63, 3.8) is 0 Å². The van der Waals surface area contributed by atoms with Gasteiger partial charge in [-0.05, 0) is 41.5 Å². The Morgan fingerprint density at radius 2 is 1.10 bits per heavy atom. The lowest BCUT2D eigenvalue weighted by Gasteiger charge is -2.23. The van der Waals surface area contributed by atoms with Crippen LogP contribution in [0.2, 0.25) is 0 Å². The lowest BCUT2D eigenvalue weighted by molar-refractivity contribution is -0.228. The highest BCUT2D eigenvalue weighted by Crippen LogP contribution is 2.44. The topological polar surface area (TPSA) is 212 Å². The SMILES string of the molecule is CCO.CCO.CO[C@@H]1O[C@H](CC(O)[P+](C)=O)[C@H]2OC(C)(C)O[C@@H]12.CO[C@@H]1O[C@H](CC(OS(=O)(=O)C(F)(F)F)[P+](C)=O)[C@H]2OC(C)(C)O[C@@H]12. The van der Waals surface area contributed by atoms with E-state index in [1.807, 2.05) is 13.8 Å². The maximum atomic E-state index is 12.5. The first-order valence-corrected chi connectivity index (χ1v) is 20.2. The van der Waals surface area contributed by atoms with E-state index >= 15 is 0 Å². The van der Waals surface area contributed by atoms with Crippen LogP contribution in [0.15, 0.2) is 0 Å². The summed E-state index contributed by atoms with van der Waals surface area (Å²) in [5.41, 5.74) is -5.61. The third-order valence-corrected chi connectivity index (χ3v) is 10.3. The summed E-state index contributed by atoms with van der Waals surface area (Å²) in [7, 11) is -7.07. The Morgan fingerprint density at radius 3 is 1.41 bits per heavy atom. The van der Waals surface area contributed by atoms with E-state index in [2.05, 4.69) is 4.18 Å². The van der Waals surface area contributed by atoms with Crippen molar-refractivity contribution in [2.24, 2.45) is 0 Å². The van der Waals surface area contributed by atoms with E-state index in [0.717, 1.165) is 6.66 Å². The number of hydrogen-bond acceptors (Lipinski definition) is 16. The molecular formula is C27H51F3O16P2S+2. The molecule has 0 aliphatic carbocycles. The molecule has 0 saturated carbocycles. The first-order valence-electron chi connectivity index (χ1n) is 15.2. The second-order valence-corrected chi connectivity index (χ2v) is 16.7. The van der Waals surface area contributed by atoms with Gasteiger partial charge in [0.2, 0.25) is 0 Å². The van der Waals surface area contributed by atoms with Crippen LogP contribution in [0.25, 0.3) is 0 Å². The summed E-state index contributed by atoms with van der Waals surface area (Å²) >= 11 is 0. The number of fused-ring (bicyclic) bond motifs is 2. The van der Waals surface area contributed by atoms with Crippen molar-refractivity contribution in [1.29, 1.82) is 0 Å². The van der Waals surface area contributed by atoms with Gasteiger partial charge in [-0.3, -0.25) is 0 Å². The van der Waals surface area contributed by atoms with E-state index in [4.69, 9.17) is 48.1 Å². The number of rotatable bonds is 10. The van der Waals surface area contributed by atoms with Gasteiger partial charge in [-0.25, -0.2) is 4.18 Å². The summed E-state index contributed by atoms with van der Waals surface area (Å²) in [6.45, 7) is 13.4. The average Bonchev–Trinajstić information content (AvgIpc) is 3.65. The van der Waals surface area contributed by atoms with Crippen LogP contribution in [0.5, 0.6) is 0 Å². The van der Waals surface area contributed by atoms with Gasteiger partial charge in [0, 0.05) is 33.9 Å². The van der Waals surface area contributed by atoms with E-state index in [9.17, 15) is 35.8 Å². The number of alkyl halides is 3. The Hall–Kier alpha value is -0.540. The van der Waals surface area contributed by atoms with Crippen LogP contribution in [-0.4, -0.2) is 142 Å². The molecule has 0 aromatic rings. The lowest BCUT2D eigenvalue weighted by Crippen LogP contribution is -2.35.